The molecule has 0 saturated carbocycles. The van der Waals surface area contributed by atoms with Crippen LogP contribution >= 0.6 is 0 Å². The van der Waals surface area contributed by atoms with Crippen LogP contribution in [-0.4, -0.2) is 47.9 Å². The number of hydrogen-bond acceptors (Lipinski definition) is 8. The number of esters is 1. The number of aromatic hydroxyl groups is 1. The third-order valence-electron chi connectivity index (χ3n) is 11.9. The molecule has 2 aliphatic heterocycles. The summed E-state index contributed by atoms with van der Waals surface area (Å²) >= 11 is 0. The Kier molecular flexibility index (Phi) is 9.78. The number of benzene rings is 7. The van der Waals surface area contributed by atoms with Crippen LogP contribution in [0.1, 0.15) is 98.5 Å². The minimum Gasteiger partial charge on any atom is -0.508 e. The van der Waals surface area contributed by atoms with Gasteiger partial charge in [-0.25, -0.2) is 14.6 Å². The number of ether oxygens (including phenoxy) is 2. The maximum absolute atomic E-state index is 14.6. The maximum Gasteiger partial charge on any atom is 0.330 e. The van der Waals surface area contributed by atoms with Gasteiger partial charge in [-0.3, -0.25) is 19.2 Å². The quantitative estimate of drug-likeness (QED) is 0.0287. The number of amides is 4. The highest BCUT2D eigenvalue weighted by atomic mass is 16.5. The highest BCUT2D eigenvalue weighted by Crippen LogP contribution is 2.47. The van der Waals surface area contributed by atoms with Gasteiger partial charge in [0.05, 0.1) is 24.6 Å². The number of imide groups is 2. The zero-order valence-electron chi connectivity index (χ0n) is 33.4. The number of unbranched alkanes of at least 4 members (excludes halogenated alkanes) is 3. The van der Waals surface area contributed by atoms with E-state index in [0.29, 0.717) is 81.8 Å². The third-order valence-corrected chi connectivity index (χ3v) is 11.9. The Morgan fingerprint density at radius 2 is 1.08 bits per heavy atom. The highest BCUT2D eigenvalue weighted by Gasteiger charge is 2.39. The Morgan fingerprint density at radius 3 is 1.57 bits per heavy atom. The van der Waals surface area contributed by atoms with E-state index in [1.54, 1.807) is 48.5 Å². The summed E-state index contributed by atoms with van der Waals surface area (Å²) in [7, 11) is 0. The van der Waals surface area contributed by atoms with Crippen molar-refractivity contribution >= 4 is 84.1 Å². The molecule has 0 aliphatic carbocycles. The second-order valence-corrected chi connectivity index (χ2v) is 15.4. The standard InChI is InChI=1S/C50H42N2O8/c1-4-11-29-27-31(59-24-9-7-8-10-25-60-42(54)6-3)13-23-41(29)52-49(57)38-20-16-34-32-14-18-36-45-37(48(56)51(47(36)55)40-22-12-30(53)26-28(40)5-2)19-15-33(43(32)45)35-17-21-39(50(52)58)46(38)44(34)35/h6,12-23,26-27,53H,3-5,7-11,24-25H2,1-2H3. The van der Waals surface area contributed by atoms with Crippen molar-refractivity contribution in [3.8, 4) is 11.5 Å². The first kappa shape index (κ1) is 38.4. The number of anilines is 2. The first-order chi connectivity index (χ1) is 29.2. The van der Waals surface area contributed by atoms with Crippen molar-refractivity contribution in [1.82, 2.24) is 0 Å². The van der Waals surface area contributed by atoms with E-state index in [1.807, 2.05) is 44.2 Å². The van der Waals surface area contributed by atoms with Crippen LogP contribution in [0.3, 0.4) is 0 Å². The van der Waals surface area contributed by atoms with E-state index >= 15 is 0 Å². The number of hydrogen-bond donors (Lipinski definition) is 1. The van der Waals surface area contributed by atoms with Crippen LogP contribution in [0.4, 0.5) is 11.4 Å². The Bertz CT molecular complexity index is 2860. The highest BCUT2D eigenvalue weighted by molar-refractivity contribution is 6.45. The number of phenols is 1. The summed E-state index contributed by atoms with van der Waals surface area (Å²) in [4.78, 5) is 71.3. The van der Waals surface area contributed by atoms with Crippen molar-refractivity contribution < 1.29 is 38.6 Å². The van der Waals surface area contributed by atoms with E-state index in [0.717, 1.165) is 76.1 Å². The van der Waals surface area contributed by atoms with Gasteiger partial charge in [-0.05, 0) is 143 Å². The largest absolute Gasteiger partial charge is 0.508 e. The summed E-state index contributed by atoms with van der Waals surface area (Å²) in [5.41, 5.74) is 4.11. The maximum atomic E-state index is 14.6. The van der Waals surface area contributed by atoms with Gasteiger partial charge < -0.3 is 14.6 Å². The van der Waals surface area contributed by atoms with Crippen LogP contribution in [0, 0.1) is 0 Å². The molecule has 0 radical (unpaired) electrons. The molecular formula is C50H42N2O8. The predicted molar refractivity (Wildman–Crippen MR) is 233 cm³/mol. The predicted octanol–water partition coefficient (Wildman–Crippen LogP) is 10.2. The van der Waals surface area contributed by atoms with Crippen molar-refractivity contribution in [2.24, 2.45) is 0 Å². The molecule has 2 heterocycles. The fourth-order valence-corrected chi connectivity index (χ4v) is 9.10. The van der Waals surface area contributed by atoms with Gasteiger partial charge in [-0.1, -0.05) is 51.1 Å². The van der Waals surface area contributed by atoms with E-state index < -0.39 is 29.6 Å². The fraction of sp³-hybridized carbons (Fsp3) is 0.220. The average molecular weight is 799 g/mol. The van der Waals surface area contributed by atoms with E-state index in [1.165, 1.54) is 15.9 Å². The lowest BCUT2D eigenvalue weighted by Gasteiger charge is -2.31. The molecule has 2 aliphatic rings. The summed E-state index contributed by atoms with van der Waals surface area (Å²) in [5, 5.41) is 16.1. The van der Waals surface area contributed by atoms with Crippen molar-refractivity contribution in [3.63, 3.8) is 0 Å². The Labute approximate surface area is 345 Å². The summed E-state index contributed by atoms with van der Waals surface area (Å²) in [6, 6.07) is 24.8. The van der Waals surface area contributed by atoms with Crippen LogP contribution in [-0.2, 0) is 22.4 Å². The number of phenolic OH excluding ortho intramolecular Hbond substituents is 1. The number of carbonyl (C=O) groups is 5. The zero-order valence-corrected chi connectivity index (χ0v) is 33.4. The first-order valence-electron chi connectivity index (χ1n) is 20.5. The van der Waals surface area contributed by atoms with E-state index in [9.17, 15) is 29.1 Å². The van der Waals surface area contributed by atoms with Crippen molar-refractivity contribution in [3.05, 3.63) is 131 Å². The van der Waals surface area contributed by atoms with Gasteiger partial charge in [-0.15, -0.1) is 0 Å². The molecule has 0 bridgehead atoms. The Balaban J connectivity index is 1.05. The lowest BCUT2D eigenvalue weighted by atomic mass is 9.82. The van der Waals surface area contributed by atoms with Crippen molar-refractivity contribution in [2.75, 3.05) is 23.0 Å². The van der Waals surface area contributed by atoms with Gasteiger partial charge in [0.15, 0.2) is 0 Å². The van der Waals surface area contributed by atoms with E-state index in [2.05, 4.69) is 6.58 Å². The Hall–Kier alpha value is -7.07. The molecule has 300 valence electrons. The number of aryl methyl sites for hydroxylation is 2. The number of carbonyl (C=O) groups excluding carboxylic acids is 5. The smallest absolute Gasteiger partial charge is 0.330 e. The average Bonchev–Trinajstić information content (AvgIpc) is 3.26. The van der Waals surface area contributed by atoms with Crippen LogP contribution in [0.25, 0.3) is 43.1 Å². The molecular weight excluding hydrogens is 757 g/mol. The van der Waals surface area contributed by atoms with Crippen molar-refractivity contribution in [1.29, 1.82) is 0 Å². The molecule has 0 fully saturated rings. The molecule has 0 unspecified atom stereocenters. The monoisotopic (exact) mass is 798 g/mol. The molecule has 0 saturated heterocycles. The topological polar surface area (TPSA) is 131 Å². The minimum absolute atomic E-state index is 0.0603. The van der Waals surface area contributed by atoms with E-state index in [4.69, 9.17) is 9.47 Å². The van der Waals surface area contributed by atoms with Gasteiger partial charge in [0.2, 0.25) is 0 Å². The van der Waals surface area contributed by atoms with Gasteiger partial charge in [-0.2, -0.15) is 0 Å². The summed E-state index contributed by atoms with van der Waals surface area (Å²) in [5.74, 6) is -1.39. The molecule has 10 heteroatoms. The van der Waals surface area contributed by atoms with Gasteiger partial charge in [0.1, 0.15) is 11.5 Å². The first-order valence-corrected chi connectivity index (χ1v) is 20.5. The summed E-state index contributed by atoms with van der Waals surface area (Å²) in [6.45, 7) is 8.22. The number of rotatable bonds is 14. The molecule has 1 N–H and O–H groups in total. The van der Waals surface area contributed by atoms with Crippen LogP contribution in [0.15, 0.2) is 97.6 Å². The molecule has 7 aromatic rings. The molecule has 0 aromatic heterocycles. The minimum atomic E-state index is -0.441. The normalized spacial score (nSPS) is 13.7. The second-order valence-electron chi connectivity index (χ2n) is 15.4. The molecule has 0 spiro atoms. The van der Waals surface area contributed by atoms with Gasteiger partial charge >= 0.3 is 5.97 Å². The zero-order chi connectivity index (χ0) is 41.8. The lowest BCUT2D eigenvalue weighted by Crippen LogP contribution is -2.41. The lowest BCUT2D eigenvalue weighted by molar-refractivity contribution is -0.137. The molecule has 7 aromatic carbocycles. The number of fused-ring (bicyclic) bond motifs is 2. The third kappa shape index (κ3) is 6.04. The summed E-state index contributed by atoms with van der Waals surface area (Å²) in [6.07, 6.45) is 6.51. The molecule has 10 nitrogen and oxygen atoms in total. The van der Waals surface area contributed by atoms with Crippen molar-refractivity contribution in [2.45, 2.75) is 58.8 Å². The molecule has 9 rings (SSSR count). The van der Waals surface area contributed by atoms with Gasteiger partial charge in [0, 0.05) is 39.1 Å². The molecule has 4 amide bonds. The van der Waals surface area contributed by atoms with Gasteiger partial charge in [0.25, 0.3) is 23.6 Å². The number of nitrogens with zero attached hydrogens (tertiary/aromatic N) is 2. The van der Waals surface area contributed by atoms with Crippen LogP contribution < -0.4 is 14.5 Å². The van der Waals surface area contributed by atoms with Crippen LogP contribution in [0.5, 0.6) is 11.5 Å². The van der Waals surface area contributed by atoms with Crippen LogP contribution in [0.2, 0.25) is 0 Å². The SMILES string of the molecule is C=CC(=O)OCCCCCCOc1ccc(N2C(=O)c3ccc4c5ccc6c7c(ccc(c8ccc(c3c48)C2=O)c75)C(=O)N(c2ccc(O)cc2CC)C6=O)c(CCC)c1. The Morgan fingerprint density at radius 1 is 0.600 bits per heavy atom. The molecule has 0 atom stereocenters. The second kappa shape index (κ2) is 15.3. The summed E-state index contributed by atoms with van der Waals surface area (Å²) < 4.78 is 11.1. The molecule has 60 heavy (non-hydrogen) atoms. The van der Waals surface area contributed by atoms with E-state index in [-0.39, 0.29) is 5.75 Å². The fourth-order valence-electron chi connectivity index (χ4n) is 9.10.